The third-order valence-electron chi connectivity index (χ3n) is 2.42. The Morgan fingerprint density at radius 3 is 2.27 bits per heavy atom. The van der Waals surface area contributed by atoms with Crippen LogP contribution in [0.3, 0.4) is 0 Å². The fraction of sp³-hybridized carbons (Fsp3) is 0.0714. The molecule has 0 aliphatic heterocycles. The highest BCUT2D eigenvalue weighted by Gasteiger charge is 2.14. The second-order valence-corrected chi connectivity index (χ2v) is 7.06. The van der Waals surface area contributed by atoms with Crippen molar-refractivity contribution in [2.45, 2.75) is 0 Å². The first-order chi connectivity index (χ1) is 10.4. The van der Waals surface area contributed by atoms with Gasteiger partial charge in [0.1, 0.15) is 5.75 Å². The lowest BCUT2D eigenvalue weighted by Crippen LogP contribution is -2.18. The number of hydrogen-bond acceptors (Lipinski definition) is 3. The van der Waals surface area contributed by atoms with Crippen LogP contribution in [0.4, 0.5) is 0 Å². The van der Waals surface area contributed by atoms with E-state index in [0.717, 1.165) is 0 Å². The first kappa shape index (κ1) is 17.9. The minimum atomic E-state index is -0.632. The van der Waals surface area contributed by atoms with Gasteiger partial charge in [-0.25, -0.2) is 4.79 Å². The van der Waals surface area contributed by atoms with Gasteiger partial charge >= 0.3 is 5.97 Å². The molecule has 0 heterocycles. The molecule has 0 aromatic heterocycles. The van der Waals surface area contributed by atoms with Gasteiger partial charge in [0.05, 0.1) is 14.5 Å². The van der Waals surface area contributed by atoms with E-state index in [1.165, 1.54) is 0 Å². The maximum absolute atomic E-state index is 11.8. The fourth-order valence-corrected chi connectivity index (χ4v) is 3.58. The first-order valence-electron chi connectivity index (χ1n) is 5.80. The topological polar surface area (TPSA) is 35.5 Å². The molecule has 2 rings (SSSR count). The van der Waals surface area contributed by atoms with Crippen LogP contribution in [-0.2, 0) is 4.79 Å². The number of hydrogen-bond donors (Lipinski definition) is 0. The maximum atomic E-state index is 11.8. The zero-order chi connectivity index (χ0) is 16.3. The molecule has 2 aromatic carbocycles. The van der Waals surface area contributed by atoms with Crippen LogP contribution >= 0.6 is 66.7 Å². The van der Waals surface area contributed by atoms with E-state index in [1.807, 2.05) is 0 Å². The van der Waals surface area contributed by atoms with Gasteiger partial charge in [0.25, 0.3) is 0 Å². The summed E-state index contributed by atoms with van der Waals surface area (Å²) in [5, 5.41) is 0.996. The highest BCUT2D eigenvalue weighted by atomic mass is 79.9. The maximum Gasteiger partial charge on any atom is 0.349 e. The molecule has 116 valence electrons. The number of halogens is 5. The van der Waals surface area contributed by atoms with Crippen LogP contribution in [0.15, 0.2) is 39.3 Å². The van der Waals surface area contributed by atoms with Gasteiger partial charge in [-0.05, 0) is 46.3 Å². The summed E-state index contributed by atoms with van der Waals surface area (Å²) in [4.78, 5) is 11.8. The van der Waals surface area contributed by atoms with Gasteiger partial charge < -0.3 is 9.47 Å². The molecule has 0 saturated carbocycles. The largest absolute Gasteiger partial charge is 0.481 e. The van der Waals surface area contributed by atoms with E-state index in [9.17, 15) is 4.79 Å². The number of carbonyl (C=O) groups excluding carboxylic acids is 1. The molecule has 0 radical (unpaired) electrons. The smallest absolute Gasteiger partial charge is 0.349 e. The Morgan fingerprint density at radius 2 is 1.68 bits per heavy atom. The molecule has 0 N–H and O–H groups in total. The molecule has 22 heavy (non-hydrogen) atoms. The van der Waals surface area contributed by atoms with Gasteiger partial charge in [-0.15, -0.1) is 0 Å². The molecule has 0 saturated heterocycles. The van der Waals surface area contributed by atoms with Crippen molar-refractivity contribution in [1.29, 1.82) is 0 Å². The number of rotatable bonds is 4. The number of ether oxygens (including phenoxy) is 2. The second kappa shape index (κ2) is 7.88. The zero-order valence-electron chi connectivity index (χ0n) is 10.7. The predicted molar refractivity (Wildman–Crippen MR) is 94.4 cm³/mol. The minimum Gasteiger partial charge on any atom is -0.481 e. The Labute approximate surface area is 158 Å². The number of benzene rings is 2. The van der Waals surface area contributed by atoms with E-state index in [4.69, 9.17) is 44.3 Å². The summed E-state index contributed by atoms with van der Waals surface area (Å²) < 4.78 is 11.8. The number of carbonyl (C=O) groups is 1. The lowest BCUT2D eigenvalue weighted by Gasteiger charge is -2.10. The average molecular weight is 489 g/mol. The van der Waals surface area contributed by atoms with Crippen molar-refractivity contribution in [3.05, 3.63) is 54.3 Å². The van der Waals surface area contributed by atoms with E-state index < -0.39 is 5.97 Å². The Hall–Kier alpha value is -0.460. The standard InChI is InChI=1S/C14H7Br2Cl3O3/c15-7-3-10(18)14(11(19)4-7)22-13(20)6-21-12-2-1-8(17)5-9(12)16/h1-5H,6H2. The predicted octanol–water partition coefficient (Wildman–Crippen LogP) is 6.16. The van der Waals surface area contributed by atoms with Crippen LogP contribution in [0.5, 0.6) is 11.5 Å². The van der Waals surface area contributed by atoms with Crippen LogP contribution in [-0.4, -0.2) is 12.6 Å². The molecule has 0 unspecified atom stereocenters. The molecule has 8 heteroatoms. The minimum absolute atomic E-state index is 0.0929. The molecule has 3 nitrogen and oxygen atoms in total. The fourth-order valence-electron chi connectivity index (χ4n) is 1.50. The highest BCUT2D eigenvalue weighted by Crippen LogP contribution is 2.36. The van der Waals surface area contributed by atoms with Crippen molar-refractivity contribution < 1.29 is 14.3 Å². The second-order valence-electron chi connectivity index (χ2n) is 4.04. The van der Waals surface area contributed by atoms with Crippen molar-refractivity contribution >= 4 is 72.6 Å². The molecule has 0 amide bonds. The van der Waals surface area contributed by atoms with Gasteiger partial charge in [-0.3, -0.25) is 0 Å². The molecular formula is C14H7Br2Cl3O3. The third-order valence-corrected chi connectivity index (χ3v) is 4.29. The quantitative estimate of drug-likeness (QED) is 0.382. The summed E-state index contributed by atoms with van der Waals surface area (Å²) in [5.74, 6) is -0.0716. The summed E-state index contributed by atoms with van der Waals surface area (Å²) in [5.41, 5.74) is 0. The number of esters is 1. The lowest BCUT2D eigenvalue weighted by molar-refractivity contribution is -0.136. The van der Waals surface area contributed by atoms with E-state index >= 15 is 0 Å². The van der Waals surface area contributed by atoms with Gasteiger partial charge in [0.2, 0.25) is 0 Å². The normalized spacial score (nSPS) is 10.4. The van der Waals surface area contributed by atoms with Crippen LogP contribution in [0.25, 0.3) is 0 Å². The van der Waals surface area contributed by atoms with E-state index in [0.29, 0.717) is 19.7 Å². The summed E-state index contributed by atoms with van der Waals surface area (Å²) >= 11 is 24.3. The monoisotopic (exact) mass is 486 g/mol. The lowest BCUT2D eigenvalue weighted by atomic mass is 10.3. The summed E-state index contributed by atoms with van der Waals surface area (Å²) in [6.45, 7) is -0.303. The van der Waals surface area contributed by atoms with Crippen molar-refractivity contribution in [3.63, 3.8) is 0 Å². The molecule has 0 bridgehead atoms. The Kier molecular flexibility index (Phi) is 6.41. The van der Waals surface area contributed by atoms with Gasteiger partial charge in [0.15, 0.2) is 12.4 Å². The molecule has 0 aliphatic carbocycles. The third kappa shape index (κ3) is 4.77. The average Bonchev–Trinajstić information content (AvgIpc) is 2.42. The van der Waals surface area contributed by atoms with Gasteiger partial charge in [0, 0.05) is 9.50 Å². The van der Waals surface area contributed by atoms with Crippen LogP contribution < -0.4 is 9.47 Å². The van der Waals surface area contributed by atoms with Crippen molar-refractivity contribution in [3.8, 4) is 11.5 Å². The molecular weight excluding hydrogens is 482 g/mol. The molecule has 0 atom stereocenters. The molecule has 0 fully saturated rings. The van der Waals surface area contributed by atoms with E-state index in [2.05, 4.69) is 31.9 Å². The summed E-state index contributed by atoms with van der Waals surface area (Å²) in [6, 6.07) is 8.10. The summed E-state index contributed by atoms with van der Waals surface area (Å²) in [7, 11) is 0. The highest BCUT2D eigenvalue weighted by molar-refractivity contribution is 9.10. The molecule has 0 spiro atoms. The Balaban J connectivity index is 2.02. The summed E-state index contributed by atoms with van der Waals surface area (Å²) in [6.07, 6.45) is 0. The van der Waals surface area contributed by atoms with Gasteiger partial charge in [-0.1, -0.05) is 50.7 Å². The van der Waals surface area contributed by atoms with Gasteiger partial charge in [-0.2, -0.15) is 0 Å². The first-order valence-corrected chi connectivity index (χ1v) is 8.52. The zero-order valence-corrected chi connectivity index (χ0v) is 16.1. The van der Waals surface area contributed by atoms with E-state index in [-0.39, 0.29) is 22.4 Å². The van der Waals surface area contributed by atoms with E-state index in [1.54, 1.807) is 30.3 Å². The van der Waals surface area contributed by atoms with Crippen LogP contribution in [0, 0.1) is 0 Å². The van der Waals surface area contributed by atoms with Crippen molar-refractivity contribution in [1.82, 2.24) is 0 Å². The van der Waals surface area contributed by atoms with Crippen LogP contribution in [0.2, 0.25) is 15.1 Å². The van der Waals surface area contributed by atoms with Crippen LogP contribution in [0.1, 0.15) is 0 Å². The van der Waals surface area contributed by atoms with Crippen molar-refractivity contribution in [2.24, 2.45) is 0 Å². The van der Waals surface area contributed by atoms with Crippen molar-refractivity contribution in [2.75, 3.05) is 6.61 Å². The molecule has 0 aliphatic rings. The Morgan fingerprint density at radius 1 is 1.05 bits per heavy atom. The SMILES string of the molecule is O=C(COc1ccc(Cl)cc1Br)Oc1c(Cl)cc(Br)cc1Cl. The Bertz CT molecular complexity index is 699. The molecule has 2 aromatic rings.